The SMILES string of the molecule is COc1cc2c(cc1OC)C1CC(=O)C(CC(C)(C)O)CN1CC2. The van der Waals surface area contributed by atoms with Gasteiger partial charge in [-0.05, 0) is 49.9 Å². The Kier molecular flexibility index (Phi) is 4.58. The predicted molar refractivity (Wildman–Crippen MR) is 91.6 cm³/mol. The van der Waals surface area contributed by atoms with Crippen LogP contribution >= 0.6 is 0 Å². The zero-order chi connectivity index (χ0) is 17.5. The summed E-state index contributed by atoms with van der Waals surface area (Å²) in [6.45, 7) is 5.20. The molecule has 0 aliphatic carbocycles. The van der Waals surface area contributed by atoms with E-state index in [9.17, 15) is 9.90 Å². The third-order valence-corrected chi connectivity index (χ3v) is 5.16. The smallest absolute Gasteiger partial charge is 0.161 e. The number of nitrogens with zero attached hydrogens (tertiary/aromatic N) is 1. The second-order valence-corrected chi connectivity index (χ2v) is 7.55. The largest absolute Gasteiger partial charge is 0.493 e. The fourth-order valence-electron chi connectivity index (χ4n) is 4.06. The summed E-state index contributed by atoms with van der Waals surface area (Å²) >= 11 is 0. The van der Waals surface area contributed by atoms with E-state index in [1.54, 1.807) is 28.1 Å². The van der Waals surface area contributed by atoms with E-state index >= 15 is 0 Å². The van der Waals surface area contributed by atoms with Gasteiger partial charge in [0.2, 0.25) is 0 Å². The molecule has 0 radical (unpaired) electrons. The highest BCUT2D eigenvalue weighted by Crippen LogP contribution is 2.42. The van der Waals surface area contributed by atoms with Crippen LogP contribution in [-0.2, 0) is 11.2 Å². The highest BCUT2D eigenvalue weighted by atomic mass is 16.5. The van der Waals surface area contributed by atoms with Gasteiger partial charge < -0.3 is 14.6 Å². The molecule has 2 atom stereocenters. The van der Waals surface area contributed by atoms with Crippen LogP contribution in [0.5, 0.6) is 11.5 Å². The van der Waals surface area contributed by atoms with E-state index in [1.807, 2.05) is 12.1 Å². The minimum atomic E-state index is -0.808. The maximum absolute atomic E-state index is 12.6. The number of carbonyl (C=O) groups is 1. The summed E-state index contributed by atoms with van der Waals surface area (Å²) < 4.78 is 10.8. The molecule has 1 fully saturated rings. The first kappa shape index (κ1) is 17.2. The van der Waals surface area contributed by atoms with Crippen molar-refractivity contribution in [2.24, 2.45) is 5.92 Å². The van der Waals surface area contributed by atoms with Crippen molar-refractivity contribution >= 4 is 5.78 Å². The second-order valence-electron chi connectivity index (χ2n) is 7.55. The Morgan fingerprint density at radius 1 is 1.25 bits per heavy atom. The molecule has 0 saturated carbocycles. The molecule has 1 N–H and O–H groups in total. The van der Waals surface area contributed by atoms with E-state index in [2.05, 4.69) is 4.90 Å². The normalized spacial score (nSPS) is 24.3. The molecule has 24 heavy (non-hydrogen) atoms. The van der Waals surface area contributed by atoms with Crippen molar-refractivity contribution in [3.05, 3.63) is 23.3 Å². The molecule has 1 saturated heterocycles. The Labute approximate surface area is 143 Å². The molecule has 132 valence electrons. The molecule has 5 heteroatoms. The van der Waals surface area contributed by atoms with Crippen LogP contribution in [0.1, 0.15) is 43.9 Å². The van der Waals surface area contributed by atoms with Gasteiger partial charge in [0, 0.05) is 31.5 Å². The average molecular weight is 333 g/mol. The van der Waals surface area contributed by atoms with Gasteiger partial charge in [-0.25, -0.2) is 0 Å². The third-order valence-electron chi connectivity index (χ3n) is 5.16. The lowest BCUT2D eigenvalue weighted by molar-refractivity contribution is -0.131. The van der Waals surface area contributed by atoms with E-state index in [1.165, 1.54) is 11.1 Å². The zero-order valence-electron chi connectivity index (χ0n) is 15.0. The number of carbonyl (C=O) groups excluding carboxylic acids is 1. The van der Waals surface area contributed by atoms with E-state index in [0.29, 0.717) is 18.6 Å². The number of piperidine rings is 1. The second kappa shape index (κ2) is 6.37. The van der Waals surface area contributed by atoms with Crippen LogP contribution in [0.3, 0.4) is 0 Å². The highest BCUT2D eigenvalue weighted by Gasteiger charge is 2.40. The first-order chi connectivity index (χ1) is 11.3. The number of methoxy groups -OCH3 is 2. The van der Waals surface area contributed by atoms with Gasteiger partial charge in [0.05, 0.1) is 19.8 Å². The van der Waals surface area contributed by atoms with Gasteiger partial charge in [0.15, 0.2) is 11.5 Å². The lowest BCUT2D eigenvalue weighted by atomic mass is 9.79. The number of hydrogen-bond donors (Lipinski definition) is 1. The fraction of sp³-hybridized carbons (Fsp3) is 0.632. The standard InChI is InChI=1S/C19H27NO4/c1-19(2,22)10-13-11-20-6-5-12-7-17(23-3)18(24-4)8-14(12)15(20)9-16(13)21/h7-8,13,15,22H,5-6,9-11H2,1-4H3. The molecule has 1 aromatic rings. The van der Waals surface area contributed by atoms with Crippen LogP contribution in [0.25, 0.3) is 0 Å². The lowest BCUT2D eigenvalue weighted by Gasteiger charge is -2.44. The van der Waals surface area contributed by atoms with Crippen molar-refractivity contribution in [3.8, 4) is 11.5 Å². The lowest BCUT2D eigenvalue weighted by Crippen LogP contribution is -2.47. The minimum Gasteiger partial charge on any atom is -0.493 e. The molecule has 0 amide bonds. The fourth-order valence-corrected chi connectivity index (χ4v) is 4.06. The Morgan fingerprint density at radius 3 is 2.54 bits per heavy atom. The van der Waals surface area contributed by atoms with Crippen LogP contribution in [-0.4, -0.2) is 48.7 Å². The van der Waals surface area contributed by atoms with Crippen molar-refractivity contribution in [2.45, 2.75) is 44.8 Å². The average Bonchev–Trinajstić information content (AvgIpc) is 2.53. The van der Waals surface area contributed by atoms with Crippen molar-refractivity contribution < 1.29 is 19.4 Å². The molecule has 2 aliphatic heterocycles. The number of ketones is 1. The number of fused-ring (bicyclic) bond motifs is 3. The number of hydrogen-bond acceptors (Lipinski definition) is 5. The molecular formula is C19H27NO4. The molecule has 1 aromatic carbocycles. The molecule has 0 bridgehead atoms. The number of ether oxygens (including phenoxy) is 2. The Bertz CT molecular complexity index is 635. The van der Waals surface area contributed by atoms with Crippen molar-refractivity contribution in [2.75, 3.05) is 27.3 Å². The maximum Gasteiger partial charge on any atom is 0.161 e. The molecule has 2 unspecified atom stereocenters. The zero-order valence-corrected chi connectivity index (χ0v) is 15.0. The van der Waals surface area contributed by atoms with Crippen molar-refractivity contribution in [1.82, 2.24) is 4.90 Å². The Hall–Kier alpha value is -1.59. The number of benzene rings is 1. The van der Waals surface area contributed by atoms with E-state index in [-0.39, 0.29) is 17.7 Å². The van der Waals surface area contributed by atoms with Crippen LogP contribution in [0.2, 0.25) is 0 Å². The summed E-state index contributed by atoms with van der Waals surface area (Å²) in [5, 5.41) is 10.1. The third kappa shape index (κ3) is 3.28. The first-order valence-electron chi connectivity index (χ1n) is 8.56. The number of Topliss-reactive ketones (excluding diaryl/α,β-unsaturated/α-hetero) is 1. The van der Waals surface area contributed by atoms with Crippen molar-refractivity contribution in [3.63, 3.8) is 0 Å². The summed E-state index contributed by atoms with van der Waals surface area (Å²) in [5.41, 5.74) is 1.61. The molecule has 2 heterocycles. The highest BCUT2D eigenvalue weighted by molar-refractivity contribution is 5.83. The summed E-state index contributed by atoms with van der Waals surface area (Å²) in [5.74, 6) is 1.62. The summed E-state index contributed by atoms with van der Waals surface area (Å²) in [7, 11) is 3.28. The Balaban J connectivity index is 1.87. The monoisotopic (exact) mass is 333 g/mol. The van der Waals surface area contributed by atoms with Crippen LogP contribution in [0.15, 0.2) is 12.1 Å². The number of rotatable bonds is 4. The van der Waals surface area contributed by atoms with Crippen LogP contribution < -0.4 is 9.47 Å². The van der Waals surface area contributed by atoms with Crippen LogP contribution in [0.4, 0.5) is 0 Å². The molecule has 0 aromatic heterocycles. The number of aliphatic hydroxyl groups is 1. The van der Waals surface area contributed by atoms with Gasteiger partial charge in [-0.2, -0.15) is 0 Å². The minimum absolute atomic E-state index is 0.0806. The summed E-state index contributed by atoms with van der Waals surface area (Å²) in [6, 6.07) is 4.17. The molecule has 3 rings (SSSR count). The summed E-state index contributed by atoms with van der Waals surface area (Å²) in [4.78, 5) is 15.0. The van der Waals surface area contributed by atoms with Gasteiger partial charge in [0.1, 0.15) is 5.78 Å². The molecular weight excluding hydrogens is 306 g/mol. The topological polar surface area (TPSA) is 59.0 Å². The van der Waals surface area contributed by atoms with Gasteiger partial charge >= 0.3 is 0 Å². The molecule has 5 nitrogen and oxygen atoms in total. The summed E-state index contributed by atoms with van der Waals surface area (Å²) in [6.07, 6.45) is 1.96. The van der Waals surface area contributed by atoms with Gasteiger partial charge in [0.25, 0.3) is 0 Å². The van der Waals surface area contributed by atoms with Gasteiger partial charge in [-0.3, -0.25) is 9.69 Å². The Morgan fingerprint density at radius 2 is 1.92 bits per heavy atom. The van der Waals surface area contributed by atoms with Crippen molar-refractivity contribution in [1.29, 1.82) is 0 Å². The quantitative estimate of drug-likeness (QED) is 0.916. The first-order valence-corrected chi connectivity index (χ1v) is 8.56. The maximum atomic E-state index is 12.6. The van der Waals surface area contributed by atoms with Crippen LogP contribution in [0, 0.1) is 5.92 Å². The predicted octanol–water partition coefficient (Wildman–Crippen LogP) is 2.35. The van der Waals surface area contributed by atoms with Gasteiger partial charge in [-0.1, -0.05) is 0 Å². The van der Waals surface area contributed by atoms with E-state index in [4.69, 9.17) is 9.47 Å². The van der Waals surface area contributed by atoms with E-state index in [0.717, 1.165) is 25.3 Å². The van der Waals surface area contributed by atoms with Gasteiger partial charge in [-0.15, -0.1) is 0 Å². The molecule has 0 spiro atoms. The molecule has 2 aliphatic rings. The van der Waals surface area contributed by atoms with E-state index < -0.39 is 5.60 Å².